The number of hydrogen-bond acceptors (Lipinski definition) is 4. The van der Waals surface area contributed by atoms with Crippen LogP contribution in [0.5, 0.6) is 11.6 Å². The molecule has 3 rings (SSSR count). The average Bonchev–Trinajstić information content (AvgIpc) is 2.53. The Hall–Kier alpha value is -2.95. The second kappa shape index (κ2) is 5.81. The number of aromatic nitrogens is 2. The molecule has 4 nitrogen and oxygen atoms in total. The molecule has 2 aromatic heterocycles. The van der Waals surface area contributed by atoms with Crippen LogP contribution in [0.3, 0.4) is 0 Å². The van der Waals surface area contributed by atoms with E-state index in [1.807, 2.05) is 13.0 Å². The van der Waals surface area contributed by atoms with Gasteiger partial charge in [-0.05, 0) is 48.9 Å². The first kappa shape index (κ1) is 14.0. The number of benzene rings is 1. The molecule has 0 saturated carbocycles. The van der Waals surface area contributed by atoms with Crippen molar-refractivity contribution < 1.29 is 9.13 Å². The van der Waals surface area contributed by atoms with Crippen molar-refractivity contribution in [1.82, 2.24) is 9.97 Å². The SMILES string of the molecule is Cc1cc(Oc2ccc(-c3ccc(F)cc3)nc2)ncc1N. The number of nitrogens with zero attached hydrogens (tertiary/aromatic N) is 2. The third-order valence-electron chi connectivity index (χ3n) is 3.22. The molecule has 3 aromatic rings. The molecule has 0 fully saturated rings. The van der Waals surface area contributed by atoms with Crippen LogP contribution >= 0.6 is 0 Å². The van der Waals surface area contributed by atoms with Crippen molar-refractivity contribution in [3.05, 3.63) is 66.2 Å². The van der Waals surface area contributed by atoms with E-state index in [9.17, 15) is 4.39 Å². The van der Waals surface area contributed by atoms with E-state index in [0.717, 1.165) is 16.8 Å². The van der Waals surface area contributed by atoms with Gasteiger partial charge in [0, 0.05) is 11.6 Å². The quantitative estimate of drug-likeness (QED) is 0.794. The molecule has 1 aromatic carbocycles. The van der Waals surface area contributed by atoms with Crippen LogP contribution in [0.2, 0.25) is 0 Å². The molecule has 110 valence electrons. The van der Waals surface area contributed by atoms with Gasteiger partial charge in [-0.2, -0.15) is 0 Å². The Balaban J connectivity index is 1.79. The number of ether oxygens (including phenoxy) is 1. The first-order valence-electron chi connectivity index (χ1n) is 6.74. The van der Waals surface area contributed by atoms with Gasteiger partial charge >= 0.3 is 0 Å². The highest BCUT2D eigenvalue weighted by atomic mass is 19.1. The molecular weight excluding hydrogens is 281 g/mol. The minimum Gasteiger partial charge on any atom is -0.437 e. The highest BCUT2D eigenvalue weighted by Crippen LogP contribution is 2.24. The zero-order valence-electron chi connectivity index (χ0n) is 12.0. The normalized spacial score (nSPS) is 10.5. The number of rotatable bonds is 3. The Bertz CT molecular complexity index is 786. The molecule has 2 heterocycles. The van der Waals surface area contributed by atoms with E-state index in [1.165, 1.54) is 12.1 Å². The van der Waals surface area contributed by atoms with E-state index in [1.54, 1.807) is 36.7 Å². The standard InChI is InChI=1S/C17H14FN3O/c1-11-8-17(21-10-15(11)19)22-14-6-7-16(20-9-14)12-2-4-13(18)5-3-12/h2-10H,19H2,1H3. The number of halogens is 1. The maximum atomic E-state index is 12.9. The predicted octanol–water partition coefficient (Wildman–Crippen LogP) is 3.97. The number of anilines is 1. The van der Waals surface area contributed by atoms with Crippen molar-refractivity contribution in [2.45, 2.75) is 6.92 Å². The molecule has 0 spiro atoms. The van der Waals surface area contributed by atoms with Crippen LogP contribution in [-0.2, 0) is 0 Å². The van der Waals surface area contributed by atoms with Crippen molar-refractivity contribution in [3.63, 3.8) is 0 Å². The van der Waals surface area contributed by atoms with E-state index in [0.29, 0.717) is 17.3 Å². The fourth-order valence-corrected chi connectivity index (χ4v) is 1.95. The summed E-state index contributed by atoms with van der Waals surface area (Å²) in [5, 5.41) is 0. The van der Waals surface area contributed by atoms with E-state index >= 15 is 0 Å². The summed E-state index contributed by atoms with van der Waals surface area (Å²) in [6, 6.07) is 11.5. The Morgan fingerprint density at radius 3 is 2.41 bits per heavy atom. The van der Waals surface area contributed by atoms with Gasteiger partial charge in [-0.1, -0.05) is 0 Å². The summed E-state index contributed by atoms with van der Waals surface area (Å²) in [5.74, 6) is 0.763. The van der Waals surface area contributed by atoms with Crippen molar-refractivity contribution in [1.29, 1.82) is 0 Å². The lowest BCUT2D eigenvalue weighted by Crippen LogP contribution is -1.94. The van der Waals surface area contributed by atoms with Crippen molar-refractivity contribution >= 4 is 5.69 Å². The van der Waals surface area contributed by atoms with Gasteiger partial charge in [0.25, 0.3) is 0 Å². The summed E-state index contributed by atoms with van der Waals surface area (Å²) < 4.78 is 18.5. The summed E-state index contributed by atoms with van der Waals surface area (Å²) in [4.78, 5) is 8.42. The van der Waals surface area contributed by atoms with E-state index in [4.69, 9.17) is 10.5 Å². The summed E-state index contributed by atoms with van der Waals surface area (Å²) in [7, 11) is 0. The van der Waals surface area contributed by atoms with Gasteiger partial charge in [-0.25, -0.2) is 9.37 Å². The molecule has 0 aliphatic carbocycles. The van der Waals surface area contributed by atoms with Crippen LogP contribution in [0.15, 0.2) is 54.9 Å². The molecule has 0 bridgehead atoms. The van der Waals surface area contributed by atoms with Gasteiger partial charge in [-0.15, -0.1) is 0 Å². The van der Waals surface area contributed by atoms with Crippen LogP contribution in [0.25, 0.3) is 11.3 Å². The van der Waals surface area contributed by atoms with Gasteiger partial charge in [0.15, 0.2) is 0 Å². The fraction of sp³-hybridized carbons (Fsp3) is 0.0588. The maximum Gasteiger partial charge on any atom is 0.219 e. The number of pyridine rings is 2. The molecule has 0 amide bonds. The second-order valence-corrected chi connectivity index (χ2v) is 4.87. The zero-order valence-corrected chi connectivity index (χ0v) is 12.0. The molecule has 0 aliphatic heterocycles. The number of nitrogen functional groups attached to an aromatic ring is 1. The minimum atomic E-state index is -0.270. The summed E-state index contributed by atoms with van der Waals surface area (Å²) in [6.07, 6.45) is 3.16. The first-order chi connectivity index (χ1) is 10.6. The first-order valence-corrected chi connectivity index (χ1v) is 6.74. The number of nitrogens with two attached hydrogens (primary N) is 1. The van der Waals surface area contributed by atoms with E-state index in [-0.39, 0.29) is 5.82 Å². The van der Waals surface area contributed by atoms with Crippen LogP contribution in [0.1, 0.15) is 5.56 Å². The van der Waals surface area contributed by atoms with Crippen molar-refractivity contribution in [2.24, 2.45) is 0 Å². The van der Waals surface area contributed by atoms with Gasteiger partial charge in [0.2, 0.25) is 5.88 Å². The summed E-state index contributed by atoms with van der Waals surface area (Å²) >= 11 is 0. The lowest BCUT2D eigenvalue weighted by molar-refractivity contribution is 0.460. The number of aryl methyl sites for hydroxylation is 1. The van der Waals surface area contributed by atoms with Crippen LogP contribution in [0.4, 0.5) is 10.1 Å². The van der Waals surface area contributed by atoms with Gasteiger partial charge in [-0.3, -0.25) is 4.98 Å². The van der Waals surface area contributed by atoms with Gasteiger partial charge in [0.05, 0.1) is 23.8 Å². The monoisotopic (exact) mass is 295 g/mol. The molecule has 0 saturated heterocycles. The topological polar surface area (TPSA) is 61.0 Å². The second-order valence-electron chi connectivity index (χ2n) is 4.87. The van der Waals surface area contributed by atoms with Crippen LogP contribution in [-0.4, -0.2) is 9.97 Å². The molecular formula is C17H14FN3O. The smallest absolute Gasteiger partial charge is 0.219 e. The van der Waals surface area contributed by atoms with E-state index < -0.39 is 0 Å². The Morgan fingerprint density at radius 2 is 1.77 bits per heavy atom. The van der Waals surface area contributed by atoms with Crippen LogP contribution in [0, 0.1) is 12.7 Å². The van der Waals surface area contributed by atoms with Crippen molar-refractivity contribution in [3.8, 4) is 22.9 Å². The molecule has 2 N–H and O–H groups in total. The summed E-state index contributed by atoms with van der Waals surface area (Å²) in [5.41, 5.74) is 8.83. The minimum absolute atomic E-state index is 0.270. The molecule has 0 radical (unpaired) electrons. The highest BCUT2D eigenvalue weighted by molar-refractivity contribution is 5.59. The lowest BCUT2D eigenvalue weighted by atomic mass is 10.1. The van der Waals surface area contributed by atoms with Gasteiger partial charge < -0.3 is 10.5 Å². The Morgan fingerprint density at radius 1 is 1.00 bits per heavy atom. The summed E-state index contributed by atoms with van der Waals surface area (Å²) in [6.45, 7) is 1.89. The zero-order chi connectivity index (χ0) is 15.5. The number of hydrogen-bond donors (Lipinski definition) is 1. The molecule has 0 atom stereocenters. The van der Waals surface area contributed by atoms with Gasteiger partial charge in [0.1, 0.15) is 11.6 Å². The third kappa shape index (κ3) is 3.03. The Kier molecular flexibility index (Phi) is 3.70. The largest absolute Gasteiger partial charge is 0.437 e. The predicted molar refractivity (Wildman–Crippen MR) is 83.1 cm³/mol. The molecule has 22 heavy (non-hydrogen) atoms. The average molecular weight is 295 g/mol. The van der Waals surface area contributed by atoms with Crippen molar-refractivity contribution in [2.75, 3.05) is 5.73 Å². The maximum absolute atomic E-state index is 12.9. The lowest BCUT2D eigenvalue weighted by Gasteiger charge is -2.07. The molecule has 0 aliphatic rings. The van der Waals surface area contributed by atoms with E-state index in [2.05, 4.69) is 9.97 Å². The van der Waals surface area contributed by atoms with Crippen LogP contribution < -0.4 is 10.5 Å². The fourth-order valence-electron chi connectivity index (χ4n) is 1.95. The molecule has 0 unspecified atom stereocenters. The Labute approximate surface area is 127 Å². The highest BCUT2D eigenvalue weighted by Gasteiger charge is 2.04. The third-order valence-corrected chi connectivity index (χ3v) is 3.22. The molecule has 5 heteroatoms.